The fraction of sp³-hybridized carbons (Fsp3) is 1.00. The van der Waals surface area contributed by atoms with Crippen molar-refractivity contribution in [3.05, 3.63) is 0 Å². The summed E-state index contributed by atoms with van der Waals surface area (Å²) in [4.78, 5) is 0. The van der Waals surface area contributed by atoms with Crippen molar-refractivity contribution >= 4 is 0 Å². The molecule has 84 valence electrons. The first-order valence-corrected chi connectivity index (χ1v) is 5.33. The van der Waals surface area contributed by atoms with Crippen molar-refractivity contribution in [3.8, 4) is 0 Å². The lowest BCUT2D eigenvalue weighted by Gasteiger charge is -2.27. The summed E-state index contributed by atoms with van der Waals surface area (Å²) in [6.45, 7) is 5.38. The van der Waals surface area contributed by atoms with Crippen molar-refractivity contribution in [1.29, 1.82) is 0 Å². The third-order valence-electron chi connectivity index (χ3n) is 3.06. The van der Waals surface area contributed by atoms with Gasteiger partial charge in [0.05, 0.1) is 31.0 Å². The molecule has 0 radical (unpaired) electrons. The van der Waals surface area contributed by atoms with Gasteiger partial charge in [0.25, 0.3) is 0 Å². The maximum absolute atomic E-state index is 9.99. The molecule has 2 unspecified atom stereocenters. The summed E-state index contributed by atoms with van der Waals surface area (Å²) < 4.78 is 5.11. The van der Waals surface area contributed by atoms with Gasteiger partial charge in [-0.2, -0.15) is 0 Å². The lowest BCUT2D eigenvalue weighted by atomic mass is 9.97. The van der Waals surface area contributed by atoms with Crippen molar-refractivity contribution in [2.75, 3.05) is 19.8 Å². The first-order valence-electron chi connectivity index (χ1n) is 5.33. The van der Waals surface area contributed by atoms with Gasteiger partial charge in [-0.3, -0.25) is 0 Å². The van der Waals surface area contributed by atoms with Gasteiger partial charge < -0.3 is 20.3 Å². The maximum atomic E-state index is 9.99. The largest absolute Gasteiger partial charge is 0.389 e. The first-order chi connectivity index (χ1) is 6.61. The van der Waals surface area contributed by atoms with E-state index >= 15 is 0 Å². The highest BCUT2D eigenvalue weighted by molar-refractivity contribution is 4.85. The second-order valence-electron chi connectivity index (χ2n) is 4.02. The number of hydrogen-bond donors (Lipinski definition) is 3. The third-order valence-corrected chi connectivity index (χ3v) is 3.06. The summed E-state index contributed by atoms with van der Waals surface area (Å²) in [6.07, 6.45) is 1.01. The minimum absolute atomic E-state index is 0.0281. The number of rotatable bonds is 5. The summed E-state index contributed by atoms with van der Waals surface area (Å²) in [7, 11) is 0. The molecule has 2 atom stereocenters. The van der Waals surface area contributed by atoms with Crippen LogP contribution in [0.15, 0.2) is 0 Å². The van der Waals surface area contributed by atoms with Gasteiger partial charge in [-0.1, -0.05) is 13.8 Å². The highest BCUT2D eigenvalue weighted by atomic mass is 16.5. The van der Waals surface area contributed by atoms with Crippen LogP contribution in [0.3, 0.4) is 0 Å². The average molecular weight is 203 g/mol. The van der Waals surface area contributed by atoms with Gasteiger partial charge in [0.1, 0.15) is 0 Å². The Labute approximate surface area is 85.3 Å². The van der Waals surface area contributed by atoms with Crippen molar-refractivity contribution < 1.29 is 14.9 Å². The van der Waals surface area contributed by atoms with E-state index in [0.717, 1.165) is 12.8 Å². The smallest absolute Gasteiger partial charge is 0.0948 e. The Bertz CT molecular complexity index is 171. The molecule has 4 nitrogen and oxygen atoms in total. The molecule has 0 aromatic heterocycles. The number of nitrogens with one attached hydrogen (secondary N) is 1. The van der Waals surface area contributed by atoms with Crippen LogP contribution < -0.4 is 5.32 Å². The van der Waals surface area contributed by atoms with Gasteiger partial charge in [-0.25, -0.2) is 0 Å². The standard InChI is InChI=1S/C10H21NO3/c1-3-10(13,4-2)7-11-8-5-14-6-9(8)12/h8-9,11-13H,3-7H2,1-2H3. The zero-order valence-corrected chi connectivity index (χ0v) is 8.99. The highest BCUT2D eigenvalue weighted by Crippen LogP contribution is 2.14. The molecule has 1 aliphatic rings. The van der Waals surface area contributed by atoms with E-state index in [2.05, 4.69) is 5.32 Å². The van der Waals surface area contributed by atoms with Gasteiger partial charge in [-0.15, -0.1) is 0 Å². The predicted octanol–water partition coefficient (Wildman–Crippen LogP) is -0.113. The summed E-state index contributed by atoms with van der Waals surface area (Å²) >= 11 is 0. The van der Waals surface area contributed by atoms with Crippen LogP contribution in [-0.2, 0) is 4.74 Å². The summed E-state index contributed by atoms with van der Waals surface area (Å²) in [6, 6.07) is -0.0281. The van der Waals surface area contributed by atoms with Crippen LogP contribution in [-0.4, -0.2) is 47.7 Å². The summed E-state index contributed by atoms with van der Waals surface area (Å²) in [5.41, 5.74) is -0.650. The molecular formula is C10H21NO3. The number of aliphatic hydroxyl groups excluding tert-OH is 1. The lowest BCUT2D eigenvalue weighted by molar-refractivity contribution is 0.0258. The van der Waals surface area contributed by atoms with E-state index in [-0.39, 0.29) is 6.04 Å². The summed E-state index contributed by atoms with van der Waals surface area (Å²) in [5, 5.41) is 22.6. The van der Waals surface area contributed by atoms with Crippen LogP contribution in [0.2, 0.25) is 0 Å². The zero-order valence-electron chi connectivity index (χ0n) is 8.99. The number of aliphatic hydroxyl groups is 2. The fourth-order valence-corrected chi connectivity index (χ4v) is 1.56. The molecule has 0 aliphatic carbocycles. The lowest BCUT2D eigenvalue weighted by Crippen LogP contribution is -2.47. The molecule has 0 aromatic carbocycles. The maximum Gasteiger partial charge on any atom is 0.0948 e. The number of ether oxygens (including phenoxy) is 1. The topological polar surface area (TPSA) is 61.7 Å². The van der Waals surface area contributed by atoms with Crippen LogP contribution in [0, 0.1) is 0 Å². The average Bonchev–Trinajstić information content (AvgIpc) is 2.61. The van der Waals surface area contributed by atoms with Crippen LogP contribution in [0.1, 0.15) is 26.7 Å². The first kappa shape index (κ1) is 11.9. The van der Waals surface area contributed by atoms with Crippen LogP contribution in [0.4, 0.5) is 0 Å². The number of hydrogen-bond acceptors (Lipinski definition) is 4. The molecule has 1 heterocycles. The van der Waals surface area contributed by atoms with E-state index in [9.17, 15) is 10.2 Å². The van der Waals surface area contributed by atoms with Crippen molar-refractivity contribution in [2.24, 2.45) is 0 Å². The molecule has 1 aliphatic heterocycles. The Balaban J connectivity index is 2.31. The predicted molar refractivity (Wildman–Crippen MR) is 54.1 cm³/mol. The zero-order chi connectivity index (χ0) is 10.6. The van der Waals surface area contributed by atoms with E-state index in [1.807, 2.05) is 13.8 Å². The second-order valence-corrected chi connectivity index (χ2v) is 4.02. The second kappa shape index (κ2) is 5.07. The SMILES string of the molecule is CCC(O)(CC)CNC1COCC1O. The third kappa shape index (κ3) is 2.92. The van der Waals surface area contributed by atoms with E-state index in [1.165, 1.54) is 0 Å². The van der Waals surface area contributed by atoms with Gasteiger partial charge in [-0.05, 0) is 12.8 Å². The molecule has 0 bridgehead atoms. The van der Waals surface area contributed by atoms with E-state index < -0.39 is 11.7 Å². The molecule has 0 spiro atoms. The Morgan fingerprint density at radius 1 is 1.36 bits per heavy atom. The van der Waals surface area contributed by atoms with E-state index in [1.54, 1.807) is 0 Å². The molecule has 14 heavy (non-hydrogen) atoms. The normalized spacial score (nSPS) is 28.3. The monoisotopic (exact) mass is 203 g/mol. The van der Waals surface area contributed by atoms with Gasteiger partial charge in [0.2, 0.25) is 0 Å². The Hall–Kier alpha value is -0.160. The van der Waals surface area contributed by atoms with Crippen LogP contribution in [0.25, 0.3) is 0 Å². The van der Waals surface area contributed by atoms with E-state index in [0.29, 0.717) is 19.8 Å². The molecule has 1 saturated heterocycles. The Morgan fingerprint density at radius 2 is 2.00 bits per heavy atom. The molecular weight excluding hydrogens is 182 g/mol. The van der Waals surface area contributed by atoms with Crippen LogP contribution >= 0.6 is 0 Å². The molecule has 4 heteroatoms. The molecule has 0 aromatic rings. The van der Waals surface area contributed by atoms with Gasteiger partial charge in [0, 0.05) is 6.54 Å². The van der Waals surface area contributed by atoms with E-state index in [4.69, 9.17) is 4.74 Å². The highest BCUT2D eigenvalue weighted by Gasteiger charge is 2.29. The van der Waals surface area contributed by atoms with Crippen molar-refractivity contribution in [3.63, 3.8) is 0 Å². The minimum Gasteiger partial charge on any atom is -0.389 e. The van der Waals surface area contributed by atoms with Gasteiger partial charge in [0.15, 0.2) is 0 Å². The van der Waals surface area contributed by atoms with Crippen LogP contribution in [0.5, 0.6) is 0 Å². The quantitative estimate of drug-likeness (QED) is 0.583. The molecule has 3 N–H and O–H groups in total. The summed E-state index contributed by atoms with van der Waals surface area (Å²) in [5.74, 6) is 0. The molecule has 1 fully saturated rings. The Kier molecular flexibility index (Phi) is 4.31. The minimum atomic E-state index is -0.650. The van der Waals surface area contributed by atoms with Crippen molar-refractivity contribution in [2.45, 2.75) is 44.4 Å². The molecule has 0 saturated carbocycles. The Morgan fingerprint density at radius 3 is 2.43 bits per heavy atom. The van der Waals surface area contributed by atoms with Crippen molar-refractivity contribution in [1.82, 2.24) is 5.32 Å². The van der Waals surface area contributed by atoms with Gasteiger partial charge >= 0.3 is 0 Å². The molecule has 1 rings (SSSR count). The fourth-order valence-electron chi connectivity index (χ4n) is 1.56. The molecule has 0 amide bonds.